The Balaban J connectivity index is 1.96. The average molecular weight is 310 g/mol. The van der Waals surface area contributed by atoms with Gasteiger partial charge in [-0.15, -0.1) is 0 Å². The Morgan fingerprint density at radius 1 is 1.26 bits per heavy atom. The van der Waals surface area contributed by atoms with E-state index in [1.54, 1.807) is 5.57 Å². The van der Waals surface area contributed by atoms with Crippen molar-refractivity contribution in [3.05, 3.63) is 40.6 Å². The van der Waals surface area contributed by atoms with Crippen molar-refractivity contribution in [2.24, 2.45) is 0 Å². The van der Waals surface area contributed by atoms with Crippen LogP contribution in [0.4, 0.5) is 0 Å². The standard InChI is InChI=1S/C20H26N2O/c1-4-13-8-9-15-16-12-18(23-3)22-10-6-7-14(5-2)20(22)19(16)21-17(15)11-13/h8-9,11,18,21H,4-7,10,12H2,1-3H3. The van der Waals surface area contributed by atoms with Crippen LogP contribution in [0.2, 0.25) is 0 Å². The molecule has 1 atom stereocenters. The fraction of sp³-hybridized carbons (Fsp3) is 0.500. The van der Waals surface area contributed by atoms with Gasteiger partial charge in [0.15, 0.2) is 0 Å². The molecule has 122 valence electrons. The number of aromatic amines is 1. The highest BCUT2D eigenvalue weighted by Crippen LogP contribution is 2.42. The van der Waals surface area contributed by atoms with Crippen LogP contribution in [0, 0.1) is 0 Å². The summed E-state index contributed by atoms with van der Waals surface area (Å²) in [6.45, 7) is 5.59. The number of aromatic nitrogens is 1. The van der Waals surface area contributed by atoms with Gasteiger partial charge in [0, 0.05) is 31.0 Å². The number of hydrogen-bond donors (Lipinski definition) is 1. The third-order valence-corrected chi connectivity index (χ3v) is 5.54. The van der Waals surface area contributed by atoms with Gasteiger partial charge < -0.3 is 14.6 Å². The molecule has 0 amide bonds. The molecule has 0 fully saturated rings. The minimum Gasteiger partial charge on any atom is -0.361 e. The summed E-state index contributed by atoms with van der Waals surface area (Å²) in [6, 6.07) is 6.87. The highest BCUT2D eigenvalue weighted by molar-refractivity contribution is 5.91. The number of aryl methyl sites for hydroxylation is 1. The highest BCUT2D eigenvalue weighted by Gasteiger charge is 2.35. The van der Waals surface area contributed by atoms with Gasteiger partial charge in [0.25, 0.3) is 0 Å². The van der Waals surface area contributed by atoms with Gasteiger partial charge in [0.2, 0.25) is 0 Å². The summed E-state index contributed by atoms with van der Waals surface area (Å²) in [6.07, 6.45) is 5.80. The lowest BCUT2D eigenvalue weighted by atomic mass is 9.90. The molecule has 0 aliphatic carbocycles. The number of fused-ring (bicyclic) bond motifs is 5. The first kappa shape index (κ1) is 14.8. The quantitative estimate of drug-likeness (QED) is 0.905. The fourth-order valence-electron chi connectivity index (χ4n) is 4.28. The fourth-order valence-corrected chi connectivity index (χ4v) is 4.28. The maximum absolute atomic E-state index is 5.85. The monoisotopic (exact) mass is 310 g/mol. The van der Waals surface area contributed by atoms with Crippen LogP contribution in [0.5, 0.6) is 0 Å². The van der Waals surface area contributed by atoms with Gasteiger partial charge in [0.05, 0.1) is 11.4 Å². The van der Waals surface area contributed by atoms with Crippen LogP contribution in [-0.2, 0) is 17.6 Å². The Labute approximate surface area is 138 Å². The molecular weight excluding hydrogens is 284 g/mol. The summed E-state index contributed by atoms with van der Waals surface area (Å²) < 4.78 is 5.85. The zero-order chi connectivity index (χ0) is 16.0. The number of ether oxygens (including phenoxy) is 1. The second-order valence-corrected chi connectivity index (χ2v) is 6.71. The molecule has 0 saturated heterocycles. The highest BCUT2D eigenvalue weighted by atomic mass is 16.5. The van der Waals surface area contributed by atoms with Gasteiger partial charge in [-0.05, 0) is 48.4 Å². The molecule has 3 heterocycles. The summed E-state index contributed by atoms with van der Waals surface area (Å²) in [7, 11) is 1.84. The Hall–Kier alpha value is -1.74. The number of nitrogens with one attached hydrogen (secondary N) is 1. The number of nitrogens with zero attached hydrogens (tertiary/aromatic N) is 1. The third-order valence-electron chi connectivity index (χ3n) is 5.54. The van der Waals surface area contributed by atoms with E-state index in [0.29, 0.717) is 0 Å². The van der Waals surface area contributed by atoms with Gasteiger partial charge in [-0.2, -0.15) is 0 Å². The number of H-pyrrole nitrogens is 1. The second-order valence-electron chi connectivity index (χ2n) is 6.71. The lowest BCUT2D eigenvalue weighted by Gasteiger charge is -2.42. The van der Waals surface area contributed by atoms with E-state index in [2.05, 4.69) is 41.9 Å². The molecule has 2 aromatic rings. The van der Waals surface area contributed by atoms with Crippen molar-refractivity contribution in [2.45, 2.75) is 52.2 Å². The van der Waals surface area contributed by atoms with Crippen molar-refractivity contribution in [1.82, 2.24) is 9.88 Å². The lowest BCUT2D eigenvalue weighted by Crippen LogP contribution is -2.43. The molecule has 23 heavy (non-hydrogen) atoms. The molecule has 3 nitrogen and oxygen atoms in total. The van der Waals surface area contributed by atoms with E-state index < -0.39 is 0 Å². The molecule has 2 aliphatic rings. The van der Waals surface area contributed by atoms with Crippen LogP contribution in [0.1, 0.15) is 49.9 Å². The number of allylic oxidation sites excluding steroid dienone is 1. The van der Waals surface area contributed by atoms with Crippen molar-refractivity contribution in [3.8, 4) is 0 Å². The summed E-state index contributed by atoms with van der Waals surface area (Å²) in [4.78, 5) is 6.23. The van der Waals surface area contributed by atoms with Crippen molar-refractivity contribution in [1.29, 1.82) is 0 Å². The summed E-state index contributed by atoms with van der Waals surface area (Å²) >= 11 is 0. The van der Waals surface area contributed by atoms with Crippen LogP contribution in [0.3, 0.4) is 0 Å². The first-order chi connectivity index (χ1) is 11.3. The molecule has 1 aromatic carbocycles. The SMILES string of the molecule is CCC1=C2c3[nH]c4cc(CC)ccc4c3CC(OC)N2CCC1. The van der Waals surface area contributed by atoms with Crippen LogP contribution in [0.15, 0.2) is 23.8 Å². The van der Waals surface area contributed by atoms with E-state index in [0.717, 1.165) is 25.8 Å². The van der Waals surface area contributed by atoms with E-state index >= 15 is 0 Å². The molecule has 1 unspecified atom stereocenters. The molecular formula is C20H26N2O. The predicted molar refractivity (Wildman–Crippen MR) is 95.3 cm³/mol. The van der Waals surface area contributed by atoms with Gasteiger partial charge in [-0.25, -0.2) is 0 Å². The van der Waals surface area contributed by atoms with Crippen molar-refractivity contribution >= 4 is 16.6 Å². The van der Waals surface area contributed by atoms with E-state index in [-0.39, 0.29) is 6.23 Å². The van der Waals surface area contributed by atoms with E-state index in [1.165, 1.54) is 46.3 Å². The number of benzene rings is 1. The van der Waals surface area contributed by atoms with E-state index in [1.807, 2.05) is 7.11 Å². The minimum atomic E-state index is 0.171. The lowest BCUT2D eigenvalue weighted by molar-refractivity contribution is -0.00497. The van der Waals surface area contributed by atoms with Crippen LogP contribution < -0.4 is 0 Å². The number of hydrogen-bond acceptors (Lipinski definition) is 2. The minimum absolute atomic E-state index is 0.171. The second kappa shape index (κ2) is 5.72. The molecule has 0 spiro atoms. The van der Waals surface area contributed by atoms with E-state index in [4.69, 9.17) is 4.74 Å². The molecule has 3 heteroatoms. The first-order valence-electron chi connectivity index (χ1n) is 8.92. The van der Waals surface area contributed by atoms with Crippen molar-refractivity contribution in [2.75, 3.05) is 13.7 Å². The normalized spacial score (nSPS) is 20.8. The molecule has 4 rings (SSSR count). The summed E-state index contributed by atoms with van der Waals surface area (Å²) in [5.41, 5.74) is 8.44. The Morgan fingerprint density at radius 2 is 2.13 bits per heavy atom. The molecule has 1 aromatic heterocycles. The van der Waals surface area contributed by atoms with Crippen molar-refractivity contribution in [3.63, 3.8) is 0 Å². The molecule has 0 saturated carbocycles. The molecule has 0 radical (unpaired) electrons. The largest absolute Gasteiger partial charge is 0.361 e. The van der Waals surface area contributed by atoms with Crippen molar-refractivity contribution < 1.29 is 4.74 Å². The predicted octanol–water partition coefficient (Wildman–Crippen LogP) is 4.48. The number of methoxy groups -OCH3 is 1. The topological polar surface area (TPSA) is 28.3 Å². The van der Waals surface area contributed by atoms with Crippen LogP contribution in [-0.4, -0.2) is 29.8 Å². The van der Waals surface area contributed by atoms with Crippen LogP contribution in [0.25, 0.3) is 16.6 Å². The van der Waals surface area contributed by atoms with Crippen LogP contribution >= 0.6 is 0 Å². The summed E-state index contributed by atoms with van der Waals surface area (Å²) in [5.74, 6) is 0. The Kier molecular flexibility index (Phi) is 3.68. The molecule has 1 N–H and O–H groups in total. The maximum atomic E-state index is 5.85. The smallest absolute Gasteiger partial charge is 0.133 e. The molecule has 0 bridgehead atoms. The van der Waals surface area contributed by atoms with Gasteiger partial charge in [0.1, 0.15) is 6.23 Å². The zero-order valence-electron chi connectivity index (χ0n) is 14.4. The average Bonchev–Trinajstić information content (AvgIpc) is 2.97. The first-order valence-corrected chi connectivity index (χ1v) is 8.92. The Morgan fingerprint density at radius 3 is 2.87 bits per heavy atom. The van der Waals surface area contributed by atoms with E-state index in [9.17, 15) is 0 Å². The van der Waals surface area contributed by atoms with Gasteiger partial charge >= 0.3 is 0 Å². The molecule has 2 aliphatic heterocycles. The summed E-state index contributed by atoms with van der Waals surface area (Å²) in [5, 5.41) is 1.37. The Bertz CT molecular complexity index is 771. The number of rotatable bonds is 3. The van der Waals surface area contributed by atoms with Gasteiger partial charge in [-0.3, -0.25) is 0 Å². The van der Waals surface area contributed by atoms with Gasteiger partial charge in [-0.1, -0.05) is 26.0 Å². The zero-order valence-corrected chi connectivity index (χ0v) is 14.4. The third kappa shape index (κ3) is 2.21. The maximum Gasteiger partial charge on any atom is 0.133 e.